The van der Waals surface area contributed by atoms with Gasteiger partial charge in [-0.3, -0.25) is 9.59 Å². The van der Waals surface area contributed by atoms with Crippen molar-refractivity contribution in [2.45, 2.75) is 52.4 Å². The maximum atomic E-state index is 12.3. The minimum absolute atomic E-state index is 0.0685. The van der Waals surface area contributed by atoms with E-state index in [0.717, 1.165) is 24.1 Å². The zero-order valence-electron chi connectivity index (χ0n) is 17.1. The highest BCUT2D eigenvalue weighted by Gasteiger charge is 2.07. The summed E-state index contributed by atoms with van der Waals surface area (Å²) in [6, 6.07) is 14.6. The van der Waals surface area contributed by atoms with Gasteiger partial charge in [0.15, 0.2) is 5.11 Å². The summed E-state index contributed by atoms with van der Waals surface area (Å²) in [6.45, 7) is 4.12. The zero-order valence-corrected chi connectivity index (χ0v) is 17.9. The lowest BCUT2D eigenvalue weighted by Crippen LogP contribution is -2.33. The highest BCUT2D eigenvalue weighted by atomic mass is 32.1. The van der Waals surface area contributed by atoms with Gasteiger partial charge in [0.1, 0.15) is 0 Å². The van der Waals surface area contributed by atoms with Crippen LogP contribution < -0.4 is 16.0 Å². The lowest BCUT2D eigenvalue weighted by Gasteiger charge is -2.11. The second kappa shape index (κ2) is 12.0. The average Bonchev–Trinajstić information content (AvgIpc) is 2.69. The fraction of sp³-hybridized carbons (Fsp3) is 0.348. The summed E-state index contributed by atoms with van der Waals surface area (Å²) in [5.41, 5.74) is 3.08. The summed E-state index contributed by atoms with van der Waals surface area (Å²) in [7, 11) is 0. The Hall–Kier alpha value is -2.73. The first kappa shape index (κ1) is 22.6. The first-order chi connectivity index (χ1) is 14.0. The lowest BCUT2D eigenvalue weighted by molar-refractivity contribution is -0.119. The summed E-state index contributed by atoms with van der Waals surface area (Å²) in [4.78, 5) is 24.2. The maximum absolute atomic E-state index is 12.3. The summed E-state index contributed by atoms with van der Waals surface area (Å²) in [5, 5.41) is 8.84. The molecule has 0 heterocycles. The van der Waals surface area contributed by atoms with Crippen molar-refractivity contribution in [3.63, 3.8) is 0 Å². The molecular formula is C23H29N3O2S. The van der Waals surface area contributed by atoms with Crippen LogP contribution in [0.5, 0.6) is 0 Å². The molecule has 154 valence electrons. The molecule has 0 radical (unpaired) electrons. The third-order valence-corrected chi connectivity index (χ3v) is 4.65. The lowest BCUT2D eigenvalue weighted by atomic mass is 10.1. The number of thiocarbonyl (C=S) groups is 1. The van der Waals surface area contributed by atoms with Crippen molar-refractivity contribution in [1.29, 1.82) is 0 Å². The third-order valence-electron chi connectivity index (χ3n) is 4.44. The van der Waals surface area contributed by atoms with Crippen LogP contribution in [0, 0.1) is 6.92 Å². The van der Waals surface area contributed by atoms with E-state index in [1.165, 1.54) is 19.3 Å². The van der Waals surface area contributed by atoms with Gasteiger partial charge in [-0.2, -0.15) is 0 Å². The van der Waals surface area contributed by atoms with E-state index < -0.39 is 0 Å². The van der Waals surface area contributed by atoms with Crippen LogP contribution >= 0.6 is 12.2 Å². The number of aryl methyl sites for hydroxylation is 1. The molecule has 0 aliphatic carbocycles. The van der Waals surface area contributed by atoms with Crippen molar-refractivity contribution < 1.29 is 9.59 Å². The quantitative estimate of drug-likeness (QED) is 0.381. The van der Waals surface area contributed by atoms with Gasteiger partial charge in [-0.05, 0) is 62.0 Å². The minimum atomic E-state index is -0.156. The van der Waals surface area contributed by atoms with Gasteiger partial charge in [0.05, 0.1) is 0 Å². The fourth-order valence-corrected chi connectivity index (χ4v) is 3.10. The molecule has 6 heteroatoms. The van der Waals surface area contributed by atoms with Crippen molar-refractivity contribution in [2.75, 3.05) is 10.6 Å². The molecule has 2 aromatic rings. The standard InChI is InChI=1S/C23H29N3O2S/c1-3-4-5-6-7-11-21(27)26-23(29)25-20-14-12-19(13-15-20)24-22(28)18-10-8-9-17(2)16-18/h8-10,12-16H,3-7,11H2,1-2H3,(H,24,28)(H2,25,26,27,29). The van der Waals surface area contributed by atoms with E-state index in [1.807, 2.05) is 25.1 Å². The number of carbonyl (C=O) groups excluding carboxylic acids is 2. The Bertz CT molecular complexity index is 834. The number of amides is 2. The summed E-state index contributed by atoms with van der Waals surface area (Å²) in [6.07, 6.45) is 5.99. The number of hydrogen-bond acceptors (Lipinski definition) is 3. The Morgan fingerprint density at radius 2 is 1.55 bits per heavy atom. The van der Waals surface area contributed by atoms with Crippen molar-refractivity contribution in [3.8, 4) is 0 Å². The smallest absolute Gasteiger partial charge is 0.255 e. The van der Waals surface area contributed by atoms with Gasteiger partial charge in [0, 0.05) is 23.4 Å². The number of hydrogen-bond donors (Lipinski definition) is 3. The van der Waals surface area contributed by atoms with Crippen molar-refractivity contribution in [2.24, 2.45) is 0 Å². The van der Waals surface area contributed by atoms with Crippen LogP contribution in [0.3, 0.4) is 0 Å². The normalized spacial score (nSPS) is 10.3. The summed E-state index contributed by atoms with van der Waals surface area (Å²) < 4.78 is 0. The Morgan fingerprint density at radius 1 is 0.897 bits per heavy atom. The molecule has 0 aromatic heterocycles. The fourth-order valence-electron chi connectivity index (χ4n) is 2.87. The number of carbonyl (C=O) groups is 2. The van der Waals surface area contributed by atoms with Gasteiger partial charge in [0.2, 0.25) is 5.91 Å². The second-order valence-electron chi connectivity index (χ2n) is 7.07. The Labute approximate surface area is 178 Å². The van der Waals surface area contributed by atoms with E-state index in [9.17, 15) is 9.59 Å². The third kappa shape index (κ3) is 8.44. The average molecular weight is 412 g/mol. The molecule has 5 nitrogen and oxygen atoms in total. The van der Waals surface area contributed by atoms with Gasteiger partial charge >= 0.3 is 0 Å². The van der Waals surface area contributed by atoms with Crippen LogP contribution in [0.2, 0.25) is 0 Å². The van der Waals surface area contributed by atoms with E-state index in [-0.39, 0.29) is 16.9 Å². The van der Waals surface area contributed by atoms with Crippen LogP contribution in [-0.2, 0) is 4.79 Å². The van der Waals surface area contributed by atoms with E-state index in [2.05, 4.69) is 22.9 Å². The van der Waals surface area contributed by atoms with Crippen molar-refractivity contribution in [3.05, 3.63) is 59.7 Å². The molecule has 0 saturated heterocycles. The molecule has 0 bridgehead atoms. The van der Waals surface area contributed by atoms with Crippen LogP contribution in [-0.4, -0.2) is 16.9 Å². The maximum Gasteiger partial charge on any atom is 0.255 e. The Balaban J connectivity index is 1.77. The predicted molar refractivity (Wildman–Crippen MR) is 123 cm³/mol. The van der Waals surface area contributed by atoms with E-state index in [0.29, 0.717) is 17.7 Å². The predicted octanol–water partition coefficient (Wildman–Crippen LogP) is 5.42. The molecule has 2 rings (SSSR count). The molecule has 0 atom stereocenters. The molecule has 0 spiro atoms. The van der Waals surface area contributed by atoms with Crippen molar-refractivity contribution in [1.82, 2.24) is 5.32 Å². The zero-order chi connectivity index (χ0) is 21.1. The highest BCUT2D eigenvalue weighted by molar-refractivity contribution is 7.80. The van der Waals surface area contributed by atoms with Crippen LogP contribution in [0.4, 0.5) is 11.4 Å². The molecule has 2 aromatic carbocycles. The molecule has 0 unspecified atom stereocenters. The molecule has 29 heavy (non-hydrogen) atoms. The highest BCUT2D eigenvalue weighted by Crippen LogP contribution is 2.15. The van der Waals surface area contributed by atoms with Crippen LogP contribution in [0.15, 0.2) is 48.5 Å². The minimum Gasteiger partial charge on any atom is -0.332 e. The van der Waals surface area contributed by atoms with Crippen molar-refractivity contribution >= 4 is 40.5 Å². The Morgan fingerprint density at radius 3 is 2.21 bits per heavy atom. The van der Waals surface area contributed by atoms with E-state index >= 15 is 0 Å². The summed E-state index contributed by atoms with van der Waals surface area (Å²) >= 11 is 5.20. The molecule has 0 fully saturated rings. The number of anilines is 2. The number of nitrogens with one attached hydrogen (secondary N) is 3. The first-order valence-electron chi connectivity index (χ1n) is 10.1. The van der Waals surface area contributed by atoms with E-state index in [4.69, 9.17) is 12.2 Å². The SMILES string of the molecule is CCCCCCCC(=O)NC(=S)Nc1ccc(NC(=O)c2cccc(C)c2)cc1. The van der Waals surface area contributed by atoms with Gasteiger partial charge < -0.3 is 16.0 Å². The van der Waals surface area contributed by atoms with Crippen LogP contribution in [0.25, 0.3) is 0 Å². The first-order valence-corrected chi connectivity index (χ1v) is 10.5. The summed E-state index contributed by atoms with van der Waals surface area (Å²) in [5.74, 6) is -0.225. The van der Waals surface area contributed by atoms with Gasteiger partial charge in [-0.15, -0.1) is 0 Å². The van der Waals surface area contributed by atoms with Gasteiger partial charge in [-0.25, -0.2) is 0 Å². The number of unbranched alkanes of at least 4 members (excludes halogenated alkanes) is 4. The monoisotopic (exact) mass is 411 g/mol. The largest absolute Gasteiger partial charge is 0.332 e. The van der Waals surface area contributed by atoms with Crippen LogP contribution in [0.1, 0.15) is 61.4 Å². The molecule has 3 N–H and O–H groups in total. The topological polar surface area (TPSA) is 70.2 Å². The molecule has 0 aliphatic rings. The Kier molecular flexibility index (Phi) is 9.31. The van der Waals surface area contributed by atoms with Gasteiger partial charge in [-0.1, -0.05) is 50.3 Å². The van der Waals surface area contributed by atoms with Gasteiger partial charge in [0.25, 0.3) is 5.91 Å². The molecule has 0 aliphatic heterocycles. The number of benzene rings is 2. The molecule has 2 amide bonds. The molecule has 0 saturated carbocycles. The second-order valence-corrected chi connectivity index (χ2v) is 7.48. The van der Waals surface area contributed by atoms with E-state index in [1.54, 1.807) is 30.3 Å². The number of rotatable bonds is 9. The molecular weight excluding hydrogens is 382 g/mol.